The van der Waals surface area contributed by atoms with E-state index in [0.717, 1.165) is 36.8 Å². The summed E-state index contributed by atoms with van der Waals surface area (Å²) in [5, 5.41) is 6.62. The zero-order valence-electron chi connectivity index (χ0n) is 15.2. The Balaban J connectivity index is 0.00000312. The SMILES string of the molecule is CCNC(=NCCCN1C(=O)COc2ccccc21)NC(C)CC.I. The average molecular weight is 460 g/mol. The number of hydrogen-bond donors (Lipinski definition) is 2. The fourth-order valence-electron chi connectivity index (χ4n) is 2.47. The van der Waals surface area contributed by atoms with Crippen LogP contribution in [0.1, 0.15) is 33.6 Å². The van der Waals surface area contributed by atoms with Crippen molar-refractivity contribution in [3.63, 3.8) is 0 Å². The Morgan fingerprint density at radius 2 is 2.12 bits per heavy atom. The summed E-state index contributed by atoms with van der Waals surface area (Å²) >= 11 is 0. The summed E-state index contributed by atoms with van der Waals surface area (Å²) in [5.41, 5.74) is 0.849. The highest BCUT2D eigenvalue weighted by Gasteiger charge is 2.24. The van der Waals surface area contributed by atoms with Crippen LogP contribution in [0.2, 0.25) is 0 Å². The van der Waals surface area contributed by atoms with Crippen LogP contribution in [0.25, 0.3) is 0 Å². The van der Waals surface area contributed by atoms with Crippen molar-refractivity contribution in [1.29, 1.82) is 0 Å². The van der Waals surface area contributed by atoms with E-state index in [2.05, 4.69) is 36.4 Å². The number of amides is 1. The number of rotatable bonds is 7. The van der Waals surface area contributed by atoms with Gasteiger partial charge in [-0.1, -0.05) is 19.1 Å². The number of fused-ring (bicyclic) bond motifs is 1. The van der Waals surface area contributed by atoms with E-state index >= 15 is 0 Å². The van der Waals surface area contributed by atoms with Gasteiger partial charge in [-0.05, 0) is 38.8 Å². The number of halogens is 1. The van der Waals surface area contributed by atoms with Gasteiger partial charge in [-0.15, -0.1) is 24.0 Å². The minimum atomic E-state index is 0. The zero-order chi connectivity index (χ0) is 17.4. The Bertz CT molecular complexity index is 580. The van der Waals surface area contributed by atoms with E-state index in [1.165, 1.54) is 0 Å². The second kappa shape index (κ2) is 11.2. The first kappa shape index (κ1) is 21.5. The van der Waals surface area contributed by atoms with Crippen molar-refractivity contribution in [2.75, 3.05) is 31.1 Å². The summed E-state index contributed by atoms with van der Waals surface area (Å²) in [4.78, 5) is 18.5. The second-order valence-corrected chi connectivity index (χ2v) is 5.87. The molecule has 25 heavy (non-hydrogen) atoms. The van der Waals surface area contributed by atoms with Crippen molar-refractivity contribution in [3.05, 3.63) is 24.3 Å². The Morgan fingerprint density at radius 1 is 1.36 bits per heavy atom. The number of ether oxygens (including phenoxy) is 1. The van der Waals surface area contributed by atoms with Crippen molar-refractivity contribution in [1.82, 2.24) is 10.6 Å². The molecule has 140 valence electrons. The van der Waals surface area contributed by atoms with Gasteiger partial charge in [0.05, 0.1) is 5.69 Å². The Morgan fingerprint density at radius 3 is 2.84 bits per heavy atom. The predicted octanol–water partition coefficient (Wildman–Crippen LogP) is 2.77. The van der Waals surface area contributed by atoms with Gasteiger partial charge in [-0.3, -0.25) is 9.79 Å². The molecule has 1 amide bonds. The summed E-state index contributed by atoms with van der Waals surface area (Å²) in [7, 11) is 0. The lowest BCUT2D eigenvalue weighted by Gasteiger charge is -2.29. The summed E-state index contributed by atoms with van der Waals surface area (Å²) in [5.74, 6) is 1.61. The maximum absolute atomic E-state index is 12.1. The fraction of sp³-hybridized carbons (Fsp3) is 0.556. The third kappa shape index (κ3) is 6.37. The van der Waals surface area contributed by atoms with Gasteiger partial charge in [0.1, 0.15) is 5.75 Å². The highest BCUT2D eigenvalue weighted by molar-refractivity contribution is 14.0. The molecule has 1 unspecified atom stereocenters. The standard InChI is InChI=1S/C18H28N4O2.HI/c1-4-14(3)21-18(19-5-2)20-11-8-12-22-15-9-6-7-10-16(15)24-13-17(22)23;/h6-7,9-10,14H,4-5,8,11-13H2,1-3H3,(H2,19,20,21);1H. The molecule has 0 bridgehead atoms. The lowest BCUT2D eigenvalue weighted by atomic mass is 10.2. The summed E-state index contributed by atoms with van der Waals surface area (Å²) < 4.78 is 5.46. The smallest absolute Gasteiger partial charge is 0.265 e. The minimum Gasteiger partial charge on any atom is -0.482 e. The second-order valence-electron chi connectivity index (χ2n) is 5.87. The van der Waals surface area contributed by atoms with Crippen molar-refractivity contribution < 1.29 is 9.53 Å². The highest BCUT2D eigenvalue weighted by atomic mass is 127. The minimum absolute atomic E-state index is 0. The van der Waals surface area contributed by atoms with Crippen LogP contribution in [-0.2, 0) is 4.79 Å². The molecule has 1 aliphatic rings. The normalized spacial score (nSPS) is 14.9. The van der Waals surface area contributed by atoms with Crippen LogP contribution in [0.3, 0.4) is 0 Å². The predicted molar refractivity (Wildman–Crippen MR) is 113 cm³/mol. The van der Waals surface area contributed by atoms with Crippen LogP contribution in [0.15, 0.2) is 29.3 Å². The van der Waals surface area contributed by atoms with Gasteiger partial charge in [0.25, 0.3) is 5.91 Å². The number of guanidine groups is 1. The molecule has 0 aliphatic carbocycles. The molecule has 7 heteroatoms. The van der Waals surface area contributed by atoms with Crippen molar-refractivity contribution in [2.24, 2.45) is 4.99 Å². The van der Waals surface area contributed by atoms with E-state index < -0.39 is 0 Å². The lowest BCUT2D eigenvalue weighted by molar-refractivity contribution is -0.121. The average Bonchev–Trinajstić information content (AvgIpc) is 2.60. The van der Waals surface area contributed by atoms with Crippen LogP contribution in [0.5, 0.6) is 5.75 Å². The van der Waals surface area contributed by atoms with E-state index in [1.807, 2.05) is 24.3 Å². The first-order chi connectivity index (χ1) is 11.7. The maximum atomic E-state index is 12.1. The first-order valence-electron chi connectivity index (χ1n) is 8.72. The summed E-state index contributed by atoms with van der Waals surface area (Å²) in [6.07, 6.45) is 1.85. The number of nitrogens with one attached hydrogen (secondary N) is 2. The molecule has 6 nitrogen and oxygen atoms in total. The molecule has 2 rings (SSSR count). The van der Waals surface area contributed by atoms with Gasteiger partial charge >= 0.3 is 0 Å². The van der Waals surface area contributed by atoms with Crippen LogP contribution < -0.4 is 20.3 Å². The zero-order valence-corrected chi connectivity index (χ0v) is 17.6. The molecule has 1 aromatic carbocycles. The molecule has 1 aromatic rings. The maximum Gasteiger partial charge on any atom is 0.265 e. The van der Waals surface area contributed by atoms with E-state index in [0.29, 0.717) is 19.1 Å². The van der Waals surface area contributed by atoms with E-state index in [1.54, 1.807) is 4.90 Å². The van der Waals surface area contributed by atoms with Gasteiger partial charge in [0.2, 0.25) is 0 Å². The number of carbonyl (C=O) groups is 1. The number of hydrogen-bond acceptors (Lipinski definition) is 3. The van der Waals surface area contributed by atoms with Crippen LogP contribution in [-0.4, -0.2) is 44.1 Å². The molecule has 0 aromatic heterocycles. The first-order valence-corrected chi connectivity index (χ1v) is 8.72. The van der Waals surface area contributed by atoms with Gasteiger partial charge in [-0.25, -0.2) is 0 Å². The van der Waals surface area contributed by atoms with Crippen LogP contribution in [0.4, 0.5) is 5.69 Å². The number of aliphatic imine (C=N–C) groups is 1. The third-order valence-electron chi connectivity index (χ3n) is 3.96. The highest BCUT2D eigenvalue weighted by Crippen LogP contribution is 2.31. The third-order valence-corrected chi connectivity index (χ3v) is 3.96. The molecule has 1 aliphatic heterocycles. The number of nitrogens with zero attached hydrogens (tertiary/aromatic N) is 2. The fourth-order valence-corrected chi connectivity index (χ4v) is 2.47. The van der Waals surface area contributed by atoms with Gasteiger partial charge < -0.3 is 20.3 Å². The Hall–Kier alpha value is -1.51. The molecule has 2 N–H and O–H groups in total. The monoisotopic (exact) mass is 460 g/mol. The molecule has 0 fully saturated rings. The summed E-state index contributed by atoms with van der Waals surface area (Å²) in [6.45, 7) is 8.58. The van der Waals surface area contributed by atoms with Crippen molar-refractivity contribution >= 4 is 41.5 Å². The lowest BCUT2D eigenvalue weighted by Crippen LogP contribution is -2.42. The van der Waals surface area contributed by atoms with E-state index in [-0.39, 0.29) is 36.5 Å². The number of para-hydroxylation sites is 2. The molecule has 0 saturated carbocycles. The van der Waals surface area contributed by atoms with Gasteiger partial charge in [0.15, 0.2) is 12.6 Å². The number of benzene rings is 1. The Kier molecular flexibility index (Phi) is 9.62. The number of anilines is 1. The summed E-state index contributed by atoms with van der Waals surface area (Å²) in [6, 6.07) is 8.04. The van der Waals surface area contributed by atoms with Crippen molar-refractivity contribution in [3.8, 4) is 5.75 Å². The molecule has 1 atom stereocenters. The Labute approximate surface area is 167 Å². The topological polar surface area (TPSA) is 66.0 Å². The molecule has 1 heterocycles. The van der Waals surface area contributed by atoms with Crippen LogP contribution >= 0.6 is 24.0 Å². The van der Waals surface area contributed by atoms with E-state index in [4.69, 9.17) is 4.74 Å². The quantitative estimate of drug-likeness (QED) is 0.284. The molecular weight excluding hydrogens is 431 g/mol. The molecule has 0 radical (unpaired) electrons. The largest absolute Gasteiger partial charge is 0.482 e. The van der Waals surface area contributed by atoms with Crippen molar-refractivity contribution in [2.45, 2.75) is 39.7 Å². The number of carbonyl (C=O) groups excluding carboxylic acids is 1. The molecule has 0 saturated heterocycles. The van der Waals surface area contributed by atoms with Gasteiger partial charge in [0, 0.05) is 25.7 Å². The van der Waals surface area contributed by atoms with Crippen LogP contribution in [0, 0.1) is 0 Å². The van der Waals surface area contributed by atoms with Gasteiger partial charge in [-0.2, -0.15) is 0 Å². The van der Waals surface area contributed by atoms with E-state index in [9.17, 15) is 4.79 Å². The molecular formula is C18H29IN4O2. The molecule has 0 spiro atoms.